The minimum atomic E-state index is -2.82. The van der Waals surface area contributed by atoms with Crippen LogP contribution in [-0.4, -0.2) is 55.7 Å². The molecule has 164 valence electrons. The van der Waals surface area contributed by atoms with Crippen molar-refractivity contribution in [1.29, 1.82) is 0 Å². The predicted octanol–water partition coefficient (Wildman–Crippen LogP) is 3.01. The molecule has 3 aliphatic heterocycles. The summed E-state index contributed by atoms with van der Waals surface area (Å²) in [5, 5.41) is 13.0. The first-order valence-corrected chi connectivity index (χ1v) is 10.3. The maximum atomic E-state index is 12.8. The molecule has 6 rings (SSSR count). The van der Waals surface area contributed by atoms with E-state index in [9.17, 15) is 9.90 Å². The van der Waals surface area contributed by atoms with Crippen LogP contribution < -0.4 is 5.32 Å². The molecule has 7 nitrogen and oxygen atoms in total. The number of aliphatic hydroxyl groups excluding tert-OH is 1. The topological polar surface area (TPSA) is 86.3 Å². The molecule has 2 N–H and O–H groups in total. The first-order valence-electron chi connectivity index (χ1n) is 11.8. The Balaban J connectivity index is 1.33. The van der Waals surface area contributed by atoms with Crippen LogP contribution in [0.2, 0.25) is 0 Å². The number of aliphatic hydroxyl groups is 1. The third kappa shape index (κ3) is 3.51. The second-order valence-electron chi connectivity index (χ2n) is 8.67. The molecule has 3 heterocycles. The van der Waals surface area contributed by atoms with Crippen LogP contribution in [0, 0.1) is 5.41 Å². The number of nitrogens with one attached hydrogen (secondary N) is 1. The van der Waals surface area contributed by atoms with Gasteiger partial charge >= 0.3 is 12.1 Å². The van der Waals surface area contributed by atoms with Crippen LogP contribution in [0.1, 0.15) is 34.9 Å². The van der Waals surface area contributed by atoms with Crippen molar-refractivity contribution in [2.45, 2.75) is 37.8 Å². The van der Waals surface area contributed by atoms with Crippen LogP contribution >= 0.6 is 0 Å². The lowest BCUT2D eigenvalue weighted by Gasteiger charge is -2.53. The standard InChI is InChI=1S/C24H27NO6/c1-15(26)21(24-29-12-23(2,13-30-24)14-31-24)25-22(27)28-11-20-18-9-5-3-7-16(18)17-8-4-6-10-19(17)20/h3-10,15,20-21,26H,11-14H2,1-2H3,(H,25,27)/t15-,21+,23?,24?/m1/s1/i1D3. The van der Waals surface area contributed by atoms with Gasteiger partial charge in [0.25, 0.3) is 0 Å². The highest BCUT2D eigenvalue weighted by Gasteiger charge is 2.57. The molecule has 2 bridgehead atoms. The number of hydrogen-bond donors (Lipinski definition) is 2. The van der Waals surface area contributed by atoms with E-state index in [1.807, 2.05) is 55.5 Å². The van der Waals surface area contributed by atoms with Gasteiger partial charge in [-0.3, -0.25) is 0 Å². The highest BCUT2D eigenvalue weighted by atomic mass is 16.9. The molecule has 3 fully saturated rings. The molecule has 1 amide bonds. The Labute approximate surface area is 185 Å². The summed E-state index contributed by atoms with van der Waals surface area (Å²) >= 11 is 0. The van der Waals surface area contributed by atoms with Crippen LogP contribution in [0.3, 0.4) is 0 Å². The highest BCUT2D eigenvalue weighted by Crippen LogP contribution is 2.44. The van der Waals surface area contributed by atoms with Gasteiger partial charge in [-0.1, -0.05) is 55.5 Å². The highest BCUT2D eigenvalue weighted by molar-refractivity contribution is 5.79. The molecule has 2 aromatic rings. The van der Waals surface area contributed by atoms with Crippen LogP contribution in [0.4, 0.5) is 4.79 Å². The molecule has 0 saturated carbocycles. The van der Waals surface area contributed by atoms with E-state index in [1.165, 1.54) is 0 Å². The minimum absolute atomic E-state index is 0.0318. The molecule has 7 heteroatoms. The van der Waals surface area contributed by atoms with Gasteiger partial charge in [-0.15, -0.1) is 0 Å². The van der Waals surface area contributed by atoms with Crippen molar-refractivity contribution in [2.75, 3.05) is 26.4 Å². The number of ether oxygens (including phenoxy) is 4. The van der Waals surface area contributed by atoms with Crippen molar-refractivity contribution in [2.24, 2.45) is 5.41 Å². The number of alkyl carbamates (subject to hydrolysis) is 1. The second kappa shape index (κ2) is 7.60. The molecule has 31 heavy (non-hydrogen) atoms. The molecule has 2 aromatic carbocycles. The predicted molar refractivity (Wildman–Crippen MR) is 112 cm³/mol. The SMILES string of the molecule is [2H]C([2H])([2H])[C@@H](O)[C@H](NC(=O)OCC1c2ccccc2-c2ccccc21)C12OCC(C)(CO1)CO2. The summed E-state index contributed by atoms with van der Waals surface area (Å²) in [6.07, 6.45) is -2.91. The van der Waals surface area contributed by atoms with Gasteiger partial charge in [0.1, 0.15) is 12.6 Å². The Morgan fingerprint density at radius 3 is 2.23 bits per heavy atom. The molecule has 0 aromatic heterocycles. The Kier molecular flexibility index (Phi) is 4.20. The van der Waals surface area contributed by atoms with Crippen molar-refractivity contribution in [1.82, 2.24) is 5.32 Å². The summed E-state index contributed by atoms with van der Waals surface area (Å²) in [7, 11) is 0. The number of benzene rings is 2. The Hall–Kier alpha value is -2.45. The van der Waals surface area contributed by atoms with Gasteiger partial charge in [0.05, 0.1) is 25.9 Å². The second-order valence-corrected chi connectivity index (χ2v) is 8.67. The number of rotatable bonds is 5. The summed E-state index contributed by atoms with van der Waals surface area (Å²) in [5.41, 5.74) is 3.89. The van der Waals surface area contributed by atoms with Gasteiger partial charge in [-0.25, -0.2) is 4.79 Å². The number of fused-ring (bicyclic) bond motifs is 6. The summed E-state index contributed by atoms with van der Waals surface area (Å²) < 4.78 is 45.6. The van der Waals surface area contributed by atoms with Crippen molar-refractivity contribution in [3.05, 3.63) is 59.7 Å². The normalized spacial score (nSPS) is 30.3. The molecule has 2 atom stereocenters. The average molecular weight is 428 g/mol. The van der Waals surface area contributed by atoms with E-state index in [4.69, 9.17) is 23.1 Å². The van der Waals surface area contributed by atoms with Gasteiger partial charge in [0.15, 0.2) is 0 Å². The van der Waals surface area contributed by atoms with E-state index in [0.29, 0.717) is 0 Å². The molecule has 0 radical (unpaired) electrons. The van der Waals surface area contributed by atoms with E-state index < -0.39 is 31.1 Å². The zero-order valence-electron chi connectivity index (χ0n) is 20.2. The van der Waals surface area contributed by atoms with E-state index in [1.54, 1.807) is 0 Å². The maximum absolute atomic E-state index is 12.8. The lowest BCUT2D eigenvalue weighted by Crippen LogP contribution is -2.69. The van der Waals surface area contributed by atoms with Gasteiger partial charge in [-0.2, -0.15) is 0 Å². The Morgan fingerprint density at radius 2 is 1.68 bits per heavy atom. The molecule has 4 aliphatic rings. The zero-order chi connectivity index (χ0) is 24.1. The van der Waals surface area contributed by atoms with Gasteiger partial charge in [0.2, 0.25) is 0 Å². The van der Waals surface area contributed by atoms with E-state index >= 15 is 0 Å². The summed E-state index contributed by atoms with van der Waals surface area (Å²) in [5.74, 6) is -2.08. The van der Waals surface area contributed by atoms with Crippen molar-refractivity contribution in [3.8, 4) is 11.1 Å². The maximum Gasteiger partial charge on any atom is 0.407 e. The number of amides is 1. The molecular weight excluding hydrogens is 398 g/mol. The van der Waals surface area contributed by atoms with Crippen LogP contribution in [0.15, 0.2) is 48.5 Å². The largest absolute Gasteiger partial charge is 0.449 e. The fraction of sp³-hybridized carbons (Fsp3) is 0.458. The van der Waals surface area contributed by atoms with E-state index in [-0.39, 0.29) is 37.8 Å². The lowest BCUT2D eigenvalue weighted by atomic mass is 9.90. The van der Waals surface area contributed by atoms with Crippen LogP contribution in [-0.2, 0) is 18.9 Å². The minimum Gasteiger partial charge on any atom is -0.449 e. The molecule has 0 spiro atoms. The third-order valence-corrected chi connectivity index (χ3v) is 6.18. The molecule has 3 saturated heterocycles. The Morgan fingerprint density at radius 1 is 1.13 bits per heavy atom. The zero-order valence-corrected chi connectivity index (χ0v) is 17.2. The first-order chi connectivity index (χ1) is 16.1. The summed E-state index contributed by atoms with van der Waals surface area (Å²) in [6, 6.07) is 14.3. The van der Waals surface area contributed by atoms with Crippen LogP contribution in [0.5, 0.6) is 0 Å². The van der Waals surface area contributed by atoms with Crippen molar-refractivity contribution < 1.29 is 33.0 Å². The van der Waals surface area contributed by atoms with Gasteiger partial charge in [0, 0.05) is 15.4 Å². The van der Waals surface area contributed by atoms with Gasteiger partial charge < -0.3 is 29.4 Å². The third-order valence-electron chi connectivity index (χ3n) is 6.18. The molecule has 0 unspecified atom stereocenters. The Bertz CT molecular complexity index is 1020. The lowest BCUT2D eigenvalue weighted by molar-refractivity contribution is -0.477. The van der Waals surface area contributed by atoms with Crippen LogP contribution in [0.25, 0.3) is 11.1 Å². The number of carbonyl (C=O) groups excluding carboxylic acids is 1. The molecular formula is C24H27NO6. The summed E-state index contributed by atoms with van der Waals surface area (Å²) in [6.45, 7) is -0.157. The fourth-order valence-corrected chi connectivity index (χ4v) is 4.47. The van der Waals surface area contributed by atoms with Crippen molar-refractivity contribution in [3.63, 3.8) is 0 Å². The van der Waals surface area contributed by atoms with Crippen molar-refractivity contribution >= 4 is 6.09 Å². The monoisotopic (exact) mass is 428 g/mol. The fourth-order valence-electron chi connectivity index (χ4n) is 4.47. The smallest absolute Gasteiger partial charge is 0.407 e. The van der Waals surface area contributed by atoms with E-state index in [0.717, 1.165) is 22.3 Å². The average Bonchev–Trinajstić information content (AvgIpc) is 3.15. The van der Waals surface area contributed by atoms with Gasteiger partial charge in [-0.05, 0) is 29.1 Å². The summed E-state index contributed by atoms with van der Waals surface area (Å²) in [4.78, 5) is 12.8. The number of hydrogen-bond acceptors (Lipinski definition) is 6. The quantitative estimate of drug-likeness (QED) is 0.762. The molecule has 1 aliphatic carbocycles. The van der Waals surface area contributed by atoms with E-state index in [2.05, 4.69) is 5.32 Å². The number of carbonyl (C=O) groups is 1. The first kappa shape index (κ1) is 17.1.